The van der Waals surface area contributed by atoms with Gasteiger partial charge in [0, 0.05) is 24.7 Å². The van der Waals surface area contributed by atoms with E-state index < -0.39 is 0 Å². The summed E-state index contributed by atoms with van der Waals surface area (Å²) in [6, 6.07) is 0. The van der Waals surface area contributed by atoms with Crippen LogP contribution in [0.2, 0.25) is 0 Å². The third-order valence-corrected chi connectivity index (χ3v) is 4.79. The van der Waals surface area contributed by atoms with E-state index in [-0.39, 0.29) is 0 Å². The SMILES string of the molecule is CC1(C)CCCN(c2nc3sccn3c2C=O)CC1. The number of nitrogens with zero attached hydrogens (tertiary/aromatic N) is 3. The molecule has 0 radical (unpaired) electrons. The number of aromatic nitrogens is 2. The van der Waals surface area contributed by atoms with Gasteiger partial charge in [-0.3, -0.25) is 9.20 Å². The van der Waals surface area contributed by atoms with E-state index >= 15 is 0 Å². The number of carbonyl (C=O) groups is 1. The van der Waals surface area contributed by atoms with Crippen molar-refractivity contribution in [3.63, 3.8) is 0 Å². The Morgan fingerprint density at radius 1 is 1.37 bits per heavy atom. The van der Waals surface area contributed by atoms with Crippen molar-refractivity contribution in [3.05, 3.63) is 17.3 Å². The molecule has 1 aliphatic rings. The molecule has 3 heterocycles. The van der Waals surface area contributed by atoms with Crippen molar-refractivity contribution in [1.82, 2.24) is 9.38 Å². The smallest absolute Gasteiger partial charge is 0.196 e. The van der Waals surface area contributed by atoms with Crippen LogP contribution in [0.3, 0.4) is 0 Å². The summed E-state index contributed by atoms with van der Waals surface area (Å²) in [7, 11) is 0. The van der Waals surface area contributed by atoms with Gasteiger partial charge in [0.1, 0.15) is 5.69 Å². The molecule has 0 atom stereocenters. The summed E-state index contributed by atoms with van der Waals surface area (Å²) in [5, 5.41) is 1.96. The summed E-state index contributed by atoms with van der Waals surface area (Å²) >= 11 is 1.57. The summed E-state index contributed by atoms with van der Waals surface area (Å²) in [5.74, 6) is 0.861. The largest absolute Gasteiger partial charge is 0.355 e. The first-order chi connectivity index (χ1) is 9.11. The van der Waals surface area contributed by atoms with E-state index in [1.54, 1.807) is 11.3 Å². The van der Waals surface area contributed by atoms with Gasteiger partial charge in [0.2, 0.25) is 0 Å². The predicted octanol–water partition coefficient (Wildman–Crippen LogP) is 3.22. The van der Waals surface area contributed by atoms with Gasteiger partial charge in [-0.15, -0.1) is 11.3 Å². The molecule has 1 fully saturated rings. The molecule has 0 aliphatic carbocycles. The number of aldehydes is 1. The molecule has 2 aromatic rings. The fourth-order valence-electron chi connectivity index (χ4n) is 2.77. The average molecular weight is 277 g/mol. The lowest BCUT2D eigenvalue weighted by molar-refractivity contribution is 0.111. The van der Waals surface area contributed by atoms with Crippen molar-refractivity contribution in [2.24, 2.45) is 5.41 Å². The van der Waals surface area contributed by atoms with Crippen LogP contribution in [0, 0.1) is 5.41 Å². The molecule has 5 heteroatoms. The fourth-order valence-corrected chi connectivity index (χ4v) is 3.48. The second-order valence-electron chi connectivity index (χ2n) is 6.00. The Morgan fingerprint density at radius 3 is 3.00 bits per heavy atom. The fraction of sp³-hybridized carbons (Fsp3) is 0.571. The van der Waals surface area contributed by atoms with Crippen LogP contribution in [0.15, 0.2) is 11.6 Å². The van der Waals surface area contributed by atoms with Crippen LogP contribution in [-0.4, -0.2) is 28.8 Å². The Hall–Kier alpha value is -1.36. The summed E-state index contributed by atoms with van der Waals surface area (Å²) < 4.78 is 1.89. The number of imidazole rings is 1. The number of fused-ring (bicyclic) bond motifs is 1. The van der Waals surface area contributed by atoms with Gasteiger partial charge in [-0.2, -0.15) is 0 Å². The van der Waals surface area contributed by atoms with Gasteiger partial charge in [-0.1, -0.05) is 13.8 Å². The summed E-state index contributed by atoms with van der Waals surface area (Å²) in [5.41, 5.74) is 1.09. The number of anilines is 1. The first kappa shape index (κ1) is 12.7. The lowest BCUT2D eigenvalue weighted by Gasteiger charge is -2.23. The molecule has 0 saturated carbocycles. The van der Waals surface area contributed by atoms with E-state index in [0.29, 0.717) is 11.1 Å². The summed E-state index contributed by atoms with van der Waals surface area (Å²) in [6.45, 7) is 6.62. The van der Waals surface area contributed by atoms with Crippen LogP contribution < -0.4 is 4.90 Å². The van der Waals surface area contributed by atoms with Crippen molar-refractivity contribution in [3.8, 4) is 0 Å². The van der Waals surface area contributed by atoms with Gasteiger partial charge in [0.25, 0.3) is 0 Å². The van der Waals surface area contributed by atoms with E-state index in [9.17, 15) is 4.79 Å². The Bertz CT molecular complexity index is 599. The zero-order valence-electron chi connectivity index (χ0n) is 11.4. The molecular weight excluding hydrogens is 258 g/mol. The second-order valence-corrected chi connectivity index (χ2v) is 6.87. The highest BCUT2D eigenvalue weighted by Crippen LogP contribution is 2.32. The van der Waals surface area contributed by atoms with E-state index in [1.807, 2.05) is 16.0 Å². The number of hydrogen-bond donors (Lipinski definition) is 0. The number of thiazole rings is 1. The molecular formula is C14H19N3OS. The molecule has 0 unspecified atom stereocenters. The average Bonchev–Trinajstić information content (AvgIpc) is 2.88. The van der Waals surface area contributed by atoms with Crippen LogP contribution in [-0.2, 0) is 0 Å². The molecule has 0 amide bonds. The first-order valence-electron chi connectivity index (χ1n) is 6.76. The van der Waals surface area contributed by atoms with Crippen LogP contribution in [0.25, 0.3) is 4.96 Å². The van der Waals surface area contributed by atoms with Gasteiger partial charge in [0.05, 0.1) is 0 Å². The van der Waals surface area contributed by atoms with Crippen molar-refractivity contribution in [2.45, 2.75) is 33.1 Å². The number of rotatable bonds is 2. The Kier molecular flexibility index (Phi) is 3.09. The van der Waals surface area contributed by atoms with Gasteiger partial charge in [-0.05, 0) is 24.7 Å². The zero-order valence-corrected chi connectivity index (χ0v) is 12.2. The molecule has 0 bridgehead atoms. The second kappa shape index (κ2) is 4.63. The normalized spacial score (nSPS) is 19.6. The Labute approximate surface area is 117 Å². The summed E-state index contributed by atoms with van der Waals surface area (Å²) in [6.07, 6.45) is 6.40. The summed E-state index contributed by atoms with van der Waals surface area (Å²) in [4.78, 5) is 19.2. The highest BCUT2D eigenvalue weighted by Gasteiger charge is 2.26. The minimum absolute atomic E-state index is 0.396. The molecule has 1 saturated heterocycles. The number of carbonyl (C=O) groups excluding carboxylic acids is 1. The van der Waals surface area contributed by atoms with Gasteiger partial charge < -0.3 is 4.90 Å². The molecule has 2 aromatic heterocycles. The monoisotopic (exact) mass is 277 g/mol. The Morgan fingerprint density at radius 2 is 2.21 bits per heavy atom. The van der Waals surface area contributed by atoms with Crippen LogP contribution in [0.1, 0.15) is 43.6 Å². The molecule has 19 heavy (non-hydrogen) atoms. The lowest BCUT2D eigenvalue weighted by Crippen LogP contribution is -2.26. The molecule has 1 aliphatic heterocycles. The maximum absolute atomic E-state index is 11.4. The van der Waals surface area contributed by atoms with Gasteiger partial charge in [-0.25, -0.2) is 4.98 Å². The minimum atomic E-state index is 0.396. The van der Waals surface area contributed by atoms with Crippen molar-refractivity contribution in [2.75, 3.05) is 18.0 Å². The predicted molar refractivity (Wildman–Crippen MR) is 78.3 cm³/mol. The lowest BCUT2D eigenvalue weighted by atomic mass is 9.85. The van der Waals surface area contributed by atoms with Crippen molar-refractivity contribution in [1.29, 1.82) is 0 Å². The maximum atomic E-state index is 11.4. The van der Waals surface area contributed by atoms with Gasteiger partial charge >= 0.3 is 0 Å². The third kappa shape index (κ3) is 2.27. The topological polar surface area (TPSA) is 37.6 Å². The van der Waals surface area contributed by atoms with Gasteiger partial charge in [0.15, 0.2) is 17.1 Å². The van der Waals surface area contributed by atoms with E-state index in [1.165, 1.54) is 6.42 Å². The van der Waals surface area contributed by atoms with E-state index in [2.05, 4.69) is 23.7 Å². The van der Waals surface area contributed by atoms with Crippen LogP contribution in [0.5, 0.6) is 0 Å². The standard InChI is InChI=1S/C14H19N3OS/c1-14(2)4-3-6-16(7-5-14)12-11(10-18)17-8-9-19-13(17)15-12/h8-10H,3-7H2,1-2H3. The maximum Gasteiger partial charge on any atom is 0.196 e. The molecule has 0 aromatic carbocycles. The number of hydrogen-bond acceptors (Lipinski definition) is 4. The van der Waals surface area contributed by atoms with Crippen molar-refractivity contribution < 1.29 is 4.79 Å². The molecule has 3 rings (SSSR count). The molecule has 0 spiro atoms. The van der Waals surface area contributed by atoms with Crippen LogP contribution >= 0.6 is 11.3 Å². The molecule has 102 valence electrons. The molecule has 4 nitrogen and oxygen atoms in total. The minimum Gasteiger partial charge on any atom is -0.355 e. The quantitative estimate of drug-likeness (QED) is 0.791. The Balaban J connectivity index is 1.95. The molecule has 0 N–H and O–H groups in total. The van der Waals surface area contributed by atoms with Crippen LogP contribution in [0.4, 0.5) is 5.82 Å². The first-order valence-corrected chi connectivity index (χ1v) is 7.64. The van der Waals surface area contributed by atoms with Crippen molar-refractivity contribution >= 4 is 28.4 Å². The van der Waals surface area contributed by atoms with E-state index in [0.717, 1.165) is 43.0 Å². The van der Waals surface area contributed by atoms with E-state index in [4.69, 9.17) is 0 Å². The third-order valence-electron chi connectivity index (χ3n) is 4.03. The zero-order chi connectivity index (χ0) is 13.5. The highest BCUT2D eigenvalue weighted by atomic mass is 32.1. The highest BCUT2D eigenvalue weighted by molar-refractivity contribution is 7.15.